The molecule has 0 aliphatic carbocycles. The second-order valence-electron chi connectivity index (χ2n) is 4.68. The van der Waals surface area contributed by atoms with E-state index < -0.39 is 11.5 Å². The number of likely N-dealkylation sites (tertiary alicyclic amines) is 1. The number of halogens is 1. The molecule has 1 atom stereocenters. The lowest BCUT2D eigenvalue weighted by atomic mass is 9.86. The highest BCUT2D eigenvalue weighted by molar-refractivity contribution is 14.1. The molecule has 1 unspecified atom stereocenters. The molecule has 18 heavy (non-hydrogen) atoms. The smallest absolute Gasteiger partial charge is 0.329 e. The maximum absolute atomic E-state index is 12.1. The summed E-state index contributed by atoms with van der Waals surface area (Å²) in [6, 6.07) is 7.69. The van der Waals surface area contributed by atoms with Crippen molar-refractivity contribution in [1.82, 2.24) is 4.90 Å². The van der Waals surface area contributed by atoms with Crippen LogP contribution in [-0.2, 0) is 16.0 Å². The summed E-state index contributed by atoms with van der Waals surface area (Å²) in [4.78, 5) is 24.7. The molecule has 0 bridgehead atoms. The van der Waals surface area contributed by atoms with Crippen molar-refractivity contribution in [1.29, 1.82) is 0 Å². The van der Waals surface area contributed by atoms with Crippen LogP contribution in [0, 0.1) is 3.57 Å². The first-order valence-electron chi connectivity index (χ1n) is 5.72. The lowest BCUT2D eigenvalue weighted by molar-refractivity contribution is -0.168. The van der Waals surface area contributed by atoms with Crippen molar-refractivity contribution in [2.75, 3.05) is 6.54 Å². The zero-order chi connectivity index (χ0) is 13.3. The Morgan fingerprint density at radius 1 is 1.50 bits per heavy atom. The Morgan fingerprint density at radius 2 is 2.22 bits per heavy atom. The molecule has 1 aromatic carbocycles. The monoisotopic (exact) mass is 359 g/mol. The van der Waals surface area contributed by atoms with Gasteiger partial charge < -0.3 is 10.0 Å². The van der Waals surface area contributed by atoms with Crippen LogP contribution < -0.4 is 0 Å². The van der Waals surface area contributed by atoms with Gasteiger partial charge >= 0.3 is 5.97 Å². The Hall–Kier alpha value is -1.11. The molecule has 0 spiro atoms. The maximum atomic E-state index is 12.1. The summed E-state index contributed by atoms with van der Waals surface area (Å²) in [7, 11) is 0. The van der Waals surface area contributed by atoms with Crippen molar-refractivity contribution in [2.24, 2.45) is 0 Å². The number of amides is 1. The second-order valence-corrected chi connectivity index (χ2v) is 5.93. The Balaban J connectivity index is 2.08. The van der Waals surface area contributed by atoms with Crippen LogP contribution in [0.4, 0.5) is 0 Å². The first-order valence-corrected chi connectivity index (χ1v) is 6.80. The van der Waals surface area contributed by atoms with E-state index in [2.05, 4.69) is 22.6 Å². The SMILES string of the molecule is CC1(C(=O)O)CCN1C(=O)Cc1cccc(I)c1. The van der Waals surface area contributed by atoms with Crippen LogP contribution in [0.5, 0.6) is 0 Å². The second kappa shape index (κ2) is 4.87. The molecule has 96 valence electrons. The topological polar surface area (TPSA) is 57.6 Å². The number of hydrogen-bond donors (Lipinski definition) is 1. The van der Waals surface area contributed by atoms with Crippen LogP contribution in [0.3, 0.4) is 0 Å². The van der Waals surface area contributed by atoms with Gasteiger partial charge in [-0.3, -0.25) is 4.79 Å². The van der Waals surface area contributed by atoms with E-state index in [-0.39, 0.29) is 12.3 Å². The summed E-state index contributed by atoms with van der Waals surface area (Å²) in [6.07, 6.45) is 0.792. The number of carboxylic acids is 1. The van der Waals surface area contributed by atoms with Crippen LogP contribution in [0.1, 0.15) is 18.9 Å². The third-order valence-corrected chi connectivity index (χ3v) is 4.10. The Labute approximate surface area is 119 Å². The van der Waals surface area contributed by atoms with E-state index in [1.54, 1.807) is 6.92 Å². The summed E-state index contributed by atoms with van der Waals surface area (Å²) in [6.45, 7) is 2.14. The summed E-state index contributed by atoms with van der Waals surface area (Å²) in [5.74, 6) is -1.04. The third kappa shape index (κ3) is 2.36. The average molecular weight is 359 g/mol. The molecular formula is C13H14INO3. The van der Waals surface area contributed by atoms with Gasteiger partial charge in [-0.05, 0) is 53.6 Å². The Morgan fingerprint density at radius 3 is 2.72 bits per heavy atom. The normalized spacial score (nSPS) is 22.4. The third-order valence-electron chi connectivity index (χ3n) is 3.42. The molecule has 1 N–H and O–H groups in total. The fourth-order valence-electron chi connectivity index (χ4n) is 2.10. The first kappa shape index (κ1) is 13.3. The molecule has 1 fully saturated rings. The standard InChI is InChI=1S/C13H14INO3/c1-13(12(17)18)5-6-15(13)11(16)8-9-3-2-4-10(14)7-9/h2-4,7H,5-6,8H2,1H3,(H,17,18). The minimum Gasteiger partial charge on any atom is -0.480 e. The fraction of sp³-hybridized carbons (Fsp3) is 0.385. The van der Waals surface area contributed by atoms with E-state index >= 15 is 0 Å². The molecule has 5 heteroatoms. The molecule has 0 aromatic heterocycles. The molecule has 1 heterocycles. The molecule has 1 saturated heterocycles. The summed E-state index contributed by atoms with van der Waals surface area (Å²) in [5.41, 5.74) is -0.0921. The van der Waals surface area contributed by atoms with Gasteiger partial charge in [-0.1, -0.05) is 12.1 Å². The molecular weight excluding hydrogens is 345 g/mol. The molecule has 2 rings (SSSR count). The van der Waals surface area contributed by atoms with E-state index in [0.717, 1.165) is 9.13 Å². The summed E-state index contributed by atoms with van der Waals surface area (Å²) in [5, 5.41) is 9.13. The lowest BCUT2D eigenvalue weighted by Gasteiger charge is -2.47. The van der Waals surface area contributed by atoms with E-state index in [9.17, 15) is 9.59 Å². The highest BCUT2D eigenvalue weighted by Gasteiger charge is 2.49. The highest BCUT2D eigenvalue weighted by atomic mass is 127. The van der Waals surface area contributed by atoms with Gasteiger partial charge in [-0.25, -0.2) is 4.79 Å². The molecule has 0 radical (unpaired) electrons. The predicted octanol–water partition coefficient (Wildman–Crippen LogP) is 1.91. The lowest BCUT2D eigenvalue weighted by Crippen LogP contribution is -2.64. The molecule has 1 aromatic rings. The van der Waals surface area contributed by atoms with Gasteiger partial charge in [0.05, 0.1) is 6.42 Å². The zero-order valence-electron chi connectivity index (χ0n) is 10.0. The maximum Gasteiger partial charge on any atom is 0.329 e. The van der Waals surface area contributed by atoms with Gasteiger partial charge in [0.15, 0.2) is 0 Å². The van der Waals surface area contributed by atoms with Crippen molar-refractivity contribution in [3.05, 3.63) is 33.4 Å². The van der Waals surface area contributed by atoms with Crippen LogP contribution in [0.25, 0.3) is 0 Å². The Kier molecular flexibility index (Phi) is 3.61. The van der Waals surface area contributed by atoms with Crippen molar-refractivity contribution in [2.45, 2.75) is 25.3 Å². The zero-order valence-corrected chi connectivity index (χ0v) is 12.2. The van der Waals surface area contributed by atoms with Crippen LogP contribution in [0.2, 0.25) is 0 Å². The van der Waals surface area contributed by atoms with E-state index in [1.165, 1.54) is 4.90 Å². The summed E-state index contributed by atoms with van der Waals surface area (Å²) < 4.78 is 1.07. The van der Waals surface area contributed by atoms with Gasteiger partial charge in [0.1, 0.15) is 5.54 Å². The van der Waals surface area contributed by atoms with Crippen molar-refractivity contribution >= 4 is 34.5 Å². The molecule has 4 nitrogen and oxygen atoms in total. The number of carbonyl (C=O) groups excluding carboxylic acids is 1. The molecule has 1 amide bonds. The van der Waals surface area contributed by atoms with Crippen LogP contribution >= 0.6 is 22.6 Å². The summed E-state index contributed by atoms with van der Waals surface area (Å²) >= 11 is 2.19. The number of carboxylic acid groups (broad SMARTS) is 1. The quantitative estimate of drug-likeness (QED) is 0.839. The molecule has 1 aliphatic rings. The minimum absolute atomic E-state index is 0.117. The van der Waals surface area contributed by atoms with Gasteiger partial charge in [-0.2, -0.15) is 0 Å². The first-order chi connectivity index (χ1) is 8.43. The van der Waals surface area contributed by atoms with Crippen LogP contribution in [-0.4, -0.2) is 34.0 Å². The number of rotatable bonds is 3. The fourth-order valence-corrected chi connectivity index (χ4v) is 2.71. The van der Waals surface area contributed by atoms with E-state index in [4.69, 9.17) is 5.11 Å². The van der Waals surface area contributed by atoms with E-state index in [1.807, 2.05) is 24.3 Å². The number of nitrogens with zero attached hydrogens (tertiary/aromatic N) is 1. The van der Waals surface area contributed by atoms with Crippen molar-refractivity contribution in [3.63, 3.8) is 0 Å². The number of hydrogen-bond acceptors (Lipinski definition) is 2. The minimum atomic E-state index is -1.01. The highest BCUT2D eigenvalue weighted by Crippen LogP contribution is 2.31. The largest absolute Gasteiger partial charge is 0.480 e. The van der Waals surface area contributed by atoms with Gasteiger partial charge in [0.2, 0.25) is 5.91 Å². The predicted molar refractivity (Wildman–Crippen MR) is 75.2 cm³/mol. The number of carbonyl (C=O) groups is 2. The average Bonchev–Trinajstić information content (AvgIpc) is 2.26. The van der Waals surface area contributed by atoms with E-state index in [0.29, 0.717) is 13.0 Å². The van der Waals surface area contributed by atoms with Gasteiger partial charge in [0, 0.05) is 10.1 Å². The molecule has 1 aliphatic heterocycles. The van der Waals surface area contributed by atoms with Gasteiger partial charge in [-0.15, -0.1) is 0 Å². The molecule has 0 saturated carbocycles. The number of aliphatic carboxylic acids is 1. The number of benzene rings is 1. The van der Waals surface area contributed by atoms with Gasteiger partial charge in [0.25, 0.3) is 0 Å². The van der Waals surface area contributed by atoms with Crippen molar-refractivity contribution in [3.8, 4) is 0 Å². The van der Waals surface area contributed by atoms with Crippen LogP contribution in [0.15, 0.2) is 24.3 Å². The Bertz CT molecular complexity index is 503. The van der Waals surface area contributed by atoms with Crippen molar-refractivity contribution < 1.29 is 14.7 Å².